The van der Waals surface area contributed by atoms with Gasteiger partial charge >= 0.3 is 5.97 Å². The fourth-order valence-electron chi connectivity index (χ4n) is 3.59. The first kappa shape index (κ1) is 19.6. The van der Waals surface area contributed by atoms with Gasteiger partial charge in [0.1, 0.15) is 0 Å². The minimum Gasteiger partial charge on any atom is -0.481 e. The highest BCUT2D eigenvalue weighted by Gasteiger charge is 2.22. The van der Waals surface area contributed by atoms with E-state index in [-0.39, 0.29) is 30.7 Å². The Morgan fingerprint density at radius 3 is 2.54 bits per heavy atom. The Morgan fingerprint density at radius 2 is 1.79 bits per heavy atom. The molecule has 0 bridgehead atoms. The number of fused-ring (bicyclic) bond motifs is 1. The van der Waals surface area contributed by atoms with Gasteiger partial charge in [-0.2, -0.15) is 0 Å². The maximum atomic E-state index is 12.5. The zero-order chi connectivity index (χ0) is 19.9. The van der Waals surface area contributed by atoms with Gasteiger partial charge in [0.05, 0.1) is 6.42 Å². The molecule has 2 aromatic rings. The van der Waals surface area contributed by atoms with Crippen molar-refractivity contribution in [2.45, 2.75) is 38.0 Å². The summed E-state index contributed by atoms with van der Waals surface area (Å²) in [5.41, 5.74) is 3.67. The molecule has 3 N–H and O–H groups in total. The minimum absolute atomic E-state index is 0.0413. The number of aliphatic carboxylic acids is 1. The standard InChI is InChI=1S/C22H24N2O4/c25-20(14-17-6-3-5-15-4-1-2-7-19(15)17)24-18-10-8-16(9-11-18)22(28)23-13-12-21(26)27/h1-2,4,7-11,17H,3,5-6,12-14H2,(H,23,28)(H,24,25)(H,26,27). The highest BCUT2D eigenvalue weighted by Crippen LogP contribution is 2.34. The molecule has 6 nitrogen and oxygen atoms in total. The molecule has 1 aliphatic rings. The molecular weight excluding hydrogens is 356 g/mol. The van der Waals surface area contributed by atoms with Gasteiger partial charge in [0.25, 0.3) is 5.91 Å². The summed E-state index contributed by atoms with van der Waals surface area (Å²) in [7, 11) is 0. The van der Waals surface area contributed by atoms with Gasteiger partial charge in [0.15, 0.2) is 0 Å². The summed E-state index contributed by atoms with van der Waals surface area (Å²) in [6.45, 7) is 0.0789. The first-order chi connectivity index (χ1) is 13.5. The largest absolute Gasteiger partial charge is 0.481 e. The number of aryl methyl sites for hydroxylation is 1. The summed E-state index contributed by atoms with van der Waals surface area (Å²) < 4.78 is 0. The molecule has 3 rings (SSSR count). The van der Waals surface area contributed by atoms with Crippen molar-refractivity contribution in [3.05, 3.63) is 65.2 Å². The van der Waals surface area contributed by atoms with Crippen LogP contribution < -0.4 is 10.6 Å². The third-order valence-corrected chi connectivity index (χ3v) is 4.98. The number of carbonyl (C=O) groups excluding carboxylic acids is 2. The van der Waals surface area contributed by atoms with Crippen LogP contribution in [0.25, 0.3) is 0 Å². The van der Waals surface area contributed by atoms with E-state index < -0.39 is 5.97 Å². The topological polar surface area (TPSA) is 95.5 Å². The number of hydrogen-bond donors (Lipinski definition) is 3. The molecule has 146 valence electrons. The fraction of sp³-hybridized carbons (Fsp3) is 0.318. The van der Waals surface area contributed by atoms with Crippen LogP contribution in [0.5, 0.6) is 0 Å². The minimum atomic E-state index is -0.959. The highest BCUT2D eigenvalue weighted by molar-refractivity contribution is 5.96. The van der Waals surface area contributed by atoms with Gasteiger partial charge in [-0.1, -0.05) is 24.3 Å². The Kier molecular flexibility index (Phi) is 6.42. The van der Waals surface area contributed by atoms with E-state index in [1.165, 1.54) is 11.1 Å². The van der Waals surface area contributed by atoms with Crippen LogP contribution in [-0.4, -0.2) is 29.4 Å². The van der Waals surface area contributed by atoms with Crippen molar-refractivity contribution in [2.75, 3.05) is 11.9 Å². The van der Waals surface area contributed by atoms with Crippen LogP contribution in [-0.2, 0) is 16.0 Å². The summed E-state index contributed by atoms with van der Waals surface area (Å²) >= 11 is 0. The van der Waals surface area contributed by atoms with Crippen LogP contribution in [0.3, 0.4) is 0 Å². The number of hydrogen-bond acceptors (Lipinski definition) is 3. The molecule has 0 saturated heterocycles. The number of amides is 2. The molecule has 28 heavy (non-hydrogen) atoms. The second-order valence-electron chi connectivity index (χ2n) is 7.02. The molecule has 1 aliphatic carbocycles. The lowest BCUT2D eigenvalue weighted by Gasteiger charge is -2.25. The molecule has 2 aromatic carbocycles. The molecule has 0 saturated carbocycles. The van der Waals surface area contributed by atoms with E-state index in [2.05, 4.69) is 22.8 Å². The van der Waals surface area contributed by atoms with Crippen molar-refractivity contribution in [1.82, 2.24) is 5.32 Å². The van der Waals surface area contributed by atoms with Gasteiger partial charge in [-0.3, -0.25) is 14.4 Å². The first-order valence-corrected chi connectivity index (χ1v) is 9.50. The van der Waals surface area contributed by atoms with Crippen molar-refractivity contribution in [1.29, 1.82) is 0 Å². The third-order valence-electron chi connectivity index (χ3n) is 4.98. The van der Waals surface area contributed by atoms with Crippen molar-refractivity contribution >= 4 is 23.5 Å². The molecule has 1 unspecified atom stereocenters. The zero-order valence-electron chi connectivity index (χ0n) is 15.6. The lowest BCUT2D eigenvalue weighted by atomic mass is 9.81. The molecule has 1 atom stereocenters. The summed E-state index contributed by atoms with van der Waals surface area (Å²) in [5.74, 6) is -1.10. The molecule has 0 aromatic heterocycles. The number of nitrogens with one attached hydrogen (secondary N) is 2. The second-order valence-corrected chi connectivity index (χ2v) is 7.02. The number of benzene rings is 2. The first-order valence-electron chi connectivity index (χ1n) is 9.50. The van der Waals surface area contributed by atoms with Crippen molar-refractivity contribution in [2.24, 2.45) is 0 Å². The van der Waals surface area contributed by atoms with Crippen LogP contribution in [0, 0.1) is 0 Å². The Labute approximate surface area is 164 Å². The molecule has 0 heterocycles. The Balaban J connectivity index is 1.54. The van der Waals surface area contributed by atoms with E-state index in [1.807, 2.05) is 12.1 Å². The van der Waals surface area contributed by atoms with E-state index in [9.17, 15) is 14.4 Å². The SMILES string of the molecule is O=C(O)CCNC(=O)c1ccc(NC(=O)CC2CCCc3ccccc32)cc1. The zero-order valence-corrected chi connectivity index (χ0v) is 15.6. The average molecular weight is 380 g/mol. The van der Waals surface area contributed by atoms with Gasteiger partial charge in [-0.05, 0) is 60.6 Å². The summed E-state index contributed by atoms with van der Waals surface area (Å²) in [6, 6.07) is 14.9. The van der Waals surface area contributed by atoms with Gasteiger partial charge in [-0.15, -0.1) is 0 Å². The van der Waals surface area contributed by atoms with Crippen LogP contribution in [0.4, 0.5) is 5.69 Å². The number of rotatable bonds is 7. The lowest BCUT2D eigenvalue weighted by molar-refractivity contribution is -0.136. The molecule has 0 spiro atoms. The number of carboxylic acids is 1. The van der Waals surface area contributed by atoms with Crippen LogP contribution >= 0.6 is 0 Å². The summed E-state index contributed by atoms with van der Waals surface area (Å²) in [5, 5.41) is 14.0. The summed E-state index contributed by atoms with van der Waals surface area (Å²) in [6.07, 6.45) is 3.50. The number of anilines is 1. The van der Waals surface area contributed by atoms with Gasteiger partial charge in [0, 0.05) is 24.2 Å². The monoisotopic (exact) mass is 380 g/mol. The molecular formula is C22H24N2O4. The predicted octanol–water partition coefficient (Wildman–Crippen LogP) is 3.34. The Morgan fingerprint density at radius 1 is 1.04 bits per heavy atom. The van der Waals surface area contributed by atoms with E-state index in [4.69, 9.17) is 5.11 Å². The number of carbonyl (C=O) groups is 3. The third kappa shape index (κ3) is 5.19. The van der Waals surface area contributed by atoms with Crippen LogP contribution in [0.1, 0.15) is 53.1 Å². The molecule has 2 amide bonds. The quantitative estimate of drug-likeness (QED) is 0.686. The van der Waals surface area contributed by atoms with Crippen molar-refractivity contribution in [3.63, 3.8) is 0 Å². The van der Waals surface area contributed by atoms with E-state index in [0.717, 1.165) is 19.3 Å². The van der Waals surface area contributed by atoms with E-state index in [0.29, 0.717) is 17.7 Å². The van der Waals surface area contributed by atoms with Crippen LogP contribution in [0.15, 0.2) is 48.5 Å². The maximum absolute atomic E-state index is 12.5. The fourth-order valence-corrected chi connectivity index (χ4v) is 3.59. The number of carboxylic acid groups (broad SMARTS) is 1. The lowest BCUT2D eigenvalue weighted by Crippen LogP contribution is -2.26. The Hall–Kier alpha value is -3.15. The van der Waals surface area contributed by atoms with Gasteiger partial charge < -0.3 is 15.7 Å². The Bertz CT molecular complexity index is 861. The molecule has 0 aliphatic heterocycles. The van der Waals surface area contributed by atoms with Crippen molar-refractivity contribution < 1.29 is 19.5 Å². The average Bonchev–Trinajstić information content (AvgIpc) is 2.68. The smallest absolute Gasteiger partial charge is 0.305 e. The predicted molar refractivity (Wildman–Crippen MR) is 106 cm³/mol. The van der Waals surface area contributed by atoms with Crippen LogP contribution in [0.2, 0.25) is 0 Å². The molecule has 0 fully saturated rings. The normalized spacial score (nSPS) is 15.4. The van der Waals surface area contributed by atoms with Crippen molar-refractivity contribution in [3.8, 4) is 0 Å². The summed E-state index contributed by atoms with van der Waals surface area (Å²) in [4.78, 5) is 34.9. The van der Waals surface area contributed by atoms with Gasteiger partial charge in [0.2, 0.25) is 5.91 Å². The maximum Gasteiger partial charge on any atom is 0.305 e. The van der Waals surface area contributed by atoms with Gasteiger partial charge in [-0.25, -0.2) is 0 Å². The molecule has 6 heteroatoms. The molecule has 0 radical (unpaired) electrons. The second kappa shape index (κ2) is 9.17. The van der Waals surface area contributed by atoms with E-state index in [1.54, 1.807) is 24.3 Å². The highest BCUT2D eigenvalue weighted by atomic mass is 16.4. The van der Waals surface area contributed by atoms with E-state index >= 15 is 0 Å².